The van der Waals surface area contributed by atoms with Crippen LogP contribution in [0.15, 0.2) is 0 Å². The van der Waals surface area contributed by atoms with Crippen molar-refractivity contribution in [1.82, 2.24) is 0 Å². The first kappa shape index (κ1) is 10.0. The van der Waals surface area contributed by atoms with Crippen LogP contribution in [-0.2, 0) is 9.47 Å². The molecule has 0 spiro atoms. The largest absolute Gasteiger partial charge is 0.356 e. The number of ether oxygens (including phenoxy) is 2. The summed E-state index contributed by atoms with van der Waals surface area (Å²) in [4.78, 5) is 0. The minimum atomic E-state index is -0.00815. The van der Waals surface area contributed by atoms with E-state index in [9.17, 15) is 0 Å². The third-order valence-electron chi connectivity index (χ3n) is 3.41. The summed E-state index contributed by atoms with van der Waals surface area (Å²) in [5, 5.41) is 0. The summed E-state index contributed by atoms with van der Waals surface area (Å²) in [6, 6.07) is 0. The van der Waals surface area contributed by atoms with Crippen LogP contribution in [0, 0.1) is 17.8 Å². The van der Waals surface area contributed by atoms with Gasteiger partial charge in [0, 0.05) is 13.0 Å². The Kier molecular flexibility index (Phi) is 3.13. The molecule has 1 aliphatic heterocycles. The van der Waals surface area contributed by atoms with Gasteiger partial charge in [-0.05, 0) is 18.8 Å². The molecule has 0 bridgehead atoms. The summed E-state index contributed by atoms with van der Waals surface area (Å²) in [5.41, 5.74) is 0. The second kappa shape index (κ2) is 3.75. The van der Waals surface area contributed by atoms with Gasteiger partial charge in [0.2, 0.25) is 0 Å². The average molecular weight is 172 g/mol. The minimum absolute atomic E-state index is 0.00815. The summed E-state index contributed by atoms with van der Waals surface area (Å²) >= 11 is 0. The predicted molar refractivity (Wildman–Crippen MR) is 48.8 cm³/mol. The average Bonchev–Trinajstić information content (AvgIpc) is 2.08. The lowest BCUT2D eigenvalue weighted by atomic mass is 9.79. The lowest BCUT2D eigenvalue weighted by molar-refractivity contribution is -0.232. The van der Waals surface area contributed by atoms with E-state index in [0.717, 1.165) is 0 Å². The molecule has 0 radical (unpaired) electrons. The molecule has 2 unspecified atom stereocenters. The van der Waals surface area contributed by atoms with Gasteiger partial charge in [-0.3, -0.25) is 0 Å². The molecule has 1 aliphatic rings. The van der Waals surface area contributed by atoms with Crippen molar-refractivity contribution >= 4 is 0 Å². The number of methoxy groups -OCH3 is 1. The molecule has 0 aromatic carbocycles. The third-order valence-corrected chi connectivity index (χ3v) is 3.41. The van der Waals surface area contributed by atoms with E-state index in [1.54, 1.807) is 7.11 Å². The quantitative estimate of drug-likeness (QED) is 0.604. The first-order valence-electron chi connectivity index (χ1n) is 4.76. The molecule has 0 aliphatic carbocycles. The van der Waals surface area contributed by atoms with Gasteiger partial charge in [0.15, 0.2) is 6.29 Å². The lowest BCUT2D eigenvalue weighted by Gasteiger charge is -2.41. The normalized spacial score (nSPS) is 49.2. The summed E-state index contributed by atoms with van der Waals surface area (Å²) < 4.78 is 11.0. The monoisotopic (exact) mass is 172 g/mol. The molecule has 1 saturated heterocycles. The van der Waals surface area contributed by atoms with E-state index >= 15 is 0 Å². The molecule has 0 N–H and O–H groups in total. The molecule has 0 saturated carbocycles. The molecule has 0 aromatic heterocycles. The van der Waals surface area contributed by atoms with Crippen LogP contribution in [0.2, 0.25) is 0 Å². The van der Waals surface area contributed by atoms with Crippen LogP contribution in [0.4, 0.5) is 0 Å². The molecule has 1 heterocycles. The Morgan fingerprint density at radius 1 is 0.917 bits per heavy atom. The zero-order chi connectivity index (χ0) is 9.30. The van der Waals surface area contributed by atoms with Crippen molar-refractivity contribution in [2.24, 2.45) is 17.8 Å². The Morgan fingerprint density at radius 2 is 1.50 bits per heavy atom. The molecule has 1 rings (SSSR count). The lowest BCUT2D eigenvalue weighted by Crippen LogP contribution is -2.44. The fourth-order valence-electron chi connectivity index (χ4n) is 1.88. The highest BCUT2D eigenvalue weighted by atomic mass is 16.7. The van der Waals surface area contributed by atoms with Gasteiger partial charge in [0.25, 0.3) is 0 Å². The highest BCUT2D eigenvalue weighted by Gasteiger charge is 2.36. The Bertz CT molecular complexity index is 142. The maximum atomic E-state index is 5.71. The Hall–Kier alpha value is -0.0800. The molecule has 72 valence electrons. The fraction of sp³-hybridized carbons (Fsp3) is 1.00. The molecule has 2 heteroatoms. The zero-order valence-electron chi connectivity index (χ0n) is 8.70. The molecule has 0 aromatic rings. The first-order valence-corrected chi connectivity index (χ1v) is 4.76. The molecular weight excluding hydrogens is 152 g/mol. The van der Waals surface area contributed by atoms with E-state index in [2.05, 4.69) is 27.7 Å². The van der Waals surface area contributed by atoms with Crippen molar-refractivity contribution in [3.63, 3.8) is 0 Å². The van der Waals surface area contributed by atoms with Crippen LogP contribution in [0.1, 0.15) is 27.7 Å². The summed E-state index contributed by atoms with van der Waals surface area (Å²) in [6.45, 7) is 8.85. The number of hydrogen-bond acceptors (Lipinski definition) is 2. The molecule has 5 atom stereocenters. The van der Waals surface area contributed by atoms with E-state index in [0.29, 0.717) is 23.9 Å². The van der Waals surface area contributed by atoms with Crippen LogP contribution < -0.4 is 0 Å². The van der Waals surface area contributed by atoms with Gasteiger partial charge in [-0.25, -0.2) is 0 Å². The van der Waals surface area contributed by atoms with Crippen molar-refractivity contribution in [2.75, 3.05) is 7.11 Å². The SMILES string of the molecule is CO[C@H]1OC(C)[C@H](C)[C@@H](C)C1C. The first-order chi connectivity index (χ1) is 5.57. The Balaban J connectivity index is 2.63. The predicted octanol–water partition coefficient (Wildman–Crippen LogP) is 2.29. The highest BCUT2D eigenvalue weighted by Crippen LogP contribution is 2.34. The maximum absolute atomic E-state index is 5.71. The van der Waals surface area contributed by atoms with Crippen LogP contribution >= 0.6 is 0 Å². The molecule has 0 amide bonds. The number of rotatable bonds is 1. The van der Waals surface area contributed by atoms with Crippen molar-refractivity contribution < 1.29 is 9.47 Å². The third kappa shape index (κ3) is 1.64. The summed E-state index contributed by atoms with van der Waals surface area (Å²) in [5.74, 6) is 1.81. The van der Waals surface area contributed by atoms with Crippen LogP contribution in [0.5, 0.6) is 0 Å². The molecule has 2 nitrogen and oxygen atoms in total. The minimum Gasteiger partial charge on any atom is -0.356 e. The van der Waals surface area contributed by atoms with Gasteiger partial charge >= 0.3 is 0 Å². The summed E-state index contributed by atoms with van der Waals surface area (Å²) in [7, 11) is 1.72. The fourth-order valence-corrected chi connectivity index (χ4v) is 1.88. The van der Waals surface area contributed by atoms with E-state index in [1.165, 1.54) is 0 Å². The van der Waals surface area contributed by atoms with Crippen LogP contribution in [0.3, 0.4) is 0 Å². The van der Waals surface area contributed by atoms with Gasteiger partial charge in [-0.1, -0.05) is 20.8 Å². The van der Waals surface area contributed by atoms with E-state index in [4.69, 9.17) is 9.47 Å². The molecule has 1 fully saturated rings. The highest BCUT2D eigenvalue weighted by molar-refractivity contribution is 4.80. The standard InChI is InChI=1S/C10H20O2/c1-6-7(2)9(4)12-10(11-5)8(6)3/h6-10H,1-5H3/t6-,7-,8?,9?,10+/m1/s1. The maximum Gasteiger partial charge on any atom is 0.160 e. The number of hydrogen-bond donors (Lipinski definition) is 0. The van der Waals surface area contributed by atoms with Gasteiger partial charge < -0.3 is 9.47 Å². The molecular formula is C10H20O2. The Morgan fingerprint density at radius 3 is 2.00 bits per heavy atom. The van der Waals surface area contributed by atoms with Crippen LogP contribution in [0.25, 0.3) is 0 Å². The molecule has 12 heavy (non-hydrogen) atoms. The van der Waals surface area contributed by atoms with E-state index < -0.39 is 0 Å². The van der Waals surface area contributed by atoms with Gasteiger partial charge in [-0.15, -0.1) is 0 Å². The van der Waals surface area contributed by atoms with Crippen molar-refractivity contribution in [3.05, 3.63) is 0 Å². The van der Waals surface area contributed by atoms with Crippen molar-refractivity contribution in [2.45, 2.75) is 40.1 Å². The van der Waals surface area contributed by atoms with Crippen molar-refractivity contribution in [1.29, 1.82) is 0 Å². The van der Waals surface area contributed by atoms with Crippen molar-refractivity contribution in [3.8, 4) is 0 Å². The Labute approximate surface area is 75.2 Å². The smallest absolute Gasteiger partial charge is 0.160 e. The second-order valence-corrected chi connectivity index (χ2v) is 4.02. The van der Waals surface area contributed by atoms with Gasteiger partial charge in [0.1, 0.15) is 0 Å². The topological polar surface area (TPSA) is 18.5 Å². The van der Waals surface area contributed by atoms with E-state index in [-0.39, 0.29) is 6.29 Å². The summed E-state index contributed by atoms with van der Waals surface area (Å²) in [6.07, 6.45) is 0.312. The second-order valence-electron chi connectivity index (χ2n) is 4.02. The van der Waals surface area contributed by atoms with Crippen LogP contribution in [-0.4, -0.2) is 19.5 Å². The van der Waals surface area contributed by atoms with Gasteiger partial charge in [0.05, 0.1) is 6.10 Å². The van der Waals surface area contributed by atoms with Gasteiger partial charge in [-0.2, -0.15) is 0 Å². The zero-order valence-corrected chi connectivity index (χ0v) is 8.70. The van der Waals surface area contributed by atoms with E-state index in [1.807, 2.05) is 0 Å².